The van der Waals surface area contributed by atoms with E-state index in [1.54, 1.807) is 0 Å². The number of carbonyl (C=O) groups is 2. The lowest BCUT2D eigenvalue weighted by Crippen LogP contribution is -2.78. The van der Waals surface area contributed by atoms with Crippen molar-refractivity contribution < 1.29 is 19.1 Å². The minimum Gasteiger partial charge on any atom is -0.376 e. The molecule has 35 heavy (non-hydrogen) atoms. The molecule has 0 heterocycles. The van der Waals surface area contributed by atoms with E-state index in [4.69, 9.17) is 9.47 Å². The second-order valence-electron chi connectivity index (χ2n) is 12.1. The van der Waals surface area contributed by atoms with Gasteiger partial charge in [0.25, 0.3) is 0 Å². The lowest BCUT2D eigenvalue weighted by molar-refractivity contribution is -0.184. The monoisotopic (exact) mass is 490 g/mol. The van der Waals surface area contributed by atoms with E-state index >= 15 is 0 Å². The molecule has 6 nitrogen and oxygen atoms in total. The van der Waals surface area contributed by atoms with Crippen LogP contribution in [0.25, 0.3) is 0 Å². The van der Waals surface area contributed by atoms with Gasteiger partial charge in [0.05, 0.1) is 24.2 Å². The van der Waals surface area contributed by atoms with E-state index in [0.717, 1.165) is 44.9 Å². The van der Waals surface area contributed by atoms with Gasteiger partial charge in [0.2, 0.25) is 11.8 Å². The van der Waals surface area contributed by atoms with Gasteiger partial charge in [-0.2, -0.15) is 0 Å². The minimum atomic E-state index is -0.262. The number of hydrogen-bond donors (Lipinski definition) is 2. The third-order valence-electron chi connectivity index (χ3n) is 8.96. The third-order valence-corrected chi connectivity index (χ3v) is 8.96. The van der Waals surface area contributed by atoms with E-state index in [9.17, 15) is 9.59 Å². The van der Waals surface area contributed by atoms with Gasteiger partial charge in [-0.15, -0.1) is 0 Å². The summed E-state index contributed by atoms with van der Waals surface area (Å²) < 4.78 is 12.1. The summed E-state index contributed by atoms with van der Waals surface area (Å²) in [7, 11) is 0. The zero-order valence-corrected chi connectivity index (χ0v) is 22.1. The van der Waals surface area contributed by atoms with Gasteiger partial charge >= 0.3 is 0 Å². The van der Waals surface area contributed by atoms with E-state index in [2.05, 4.69) is 10.6 Å². The molecule has 0 radical (unpaired) electrons. The van der Waals surface area contributed by atoms with Crippen LogP contribution < -0.4 is 10.6 Å². The summed E-state index contributed by atoms with van der Waals surface area (Å²) in [6.45, 7) is 1.35. The highest BCUT2D eigenvalue weighted by Crippen LogP contribution is 2.67. The molecule has 0 aromatic rings. The van der Waals surface area contributed by atoms with Gasteiger partial charge < -0.3 is 20.1 Å². The SMILES string of the molecule is O=C(COC1CCCCCCCC1)NC12CC(C(=O)NCCOC3CCCCCCCCC3)(C1)C2. The molecule has 0 spiro atoms. The highest BCUT2D eigenvalue weighted by molar-refractivity contribution is 5.88. The maximum atomic E-state index is 12.8. The molecule has 200 valence electrons. The Hall–Kier alpha value is -1.14. The Balaban J connectivity index is 1.07. The van der Waals surface area contributed by atoms with Gasteiger partial charge in [0.15, 0.2) is 0 Å². The van der Waals surface area contributed by atoms with Crippen molar-refractivity contribution in [1.82, 2.24) is 10.6 Å². The van der Waals surface area contributed by atoms with Crippen LogP contribution in [-0.4, -0.2) is 49.3 Å². The Labute approximate surface area is 213 Å². The van der Waals surface area contributed by atoms with Crippen molar-refractivity contribution in [1.29, 1.82) is 0 Å². The van der Waals surface area contributed by atoms with Crippen LogP contribution in [0.5, 0.6) is 0 Å². The van der Waals surface area contributed by atoms with Gasteiger partial charge in [-0.05, 0) is 44.9 Å². The van der Waals surface area contributed by atoms with Crippen molar-refractivity contribution in [3.63, 3.8) is 0 Å². The van der Waals surface area contributed by atoms with Crippen molar-refractivity contribution in [3.8, 4) is 0 Å². The lowest BCUT2D eigenvalue weighted by Gasteiger charge is -2.69. The number of amides is 2. The molecule has 0 aromatic heterocycles. The summed E-state index contributed by atoms with van der Waals surface area (Å²) in [6, 6.07) is 0. The van der Waals surface area contributed by atoms with Crippen molar-refractivity contribution in [2.45, 2.75) is 146 Å². The molecular weight excluding hydrogens is 440 g/mol. The smallest absolute Gasteiger partial charge is 0.246 e. The first-order chi connectivity index (χ1) is 17.1. The summed E-state index contributed by atoms with van der Waals surface area (Å²) in [5.41, 5.74) is -0.425. The van der Waals surface area contributed by atoms with Crippen LogP contribution in [-0.2, 0) is 19.1 Å². The number of ether oxygens (including phenoxy) is 2. The number of hydrogen-bond acceptors (Lipinski definition) is 4. The predicted octanol–water partition coefficient (Wildman–Crippen LogP) is 5.57. The molecule has 6 heteroatoms. The van der Waals surface area contributed by atoms with Crippen LogP contribution in [0.2, 0.25) is 0 Å². The van der Waals surface area contributed by atoms with E-state index in [-0.39, 0.29) is 35.5 Å². The zero-order chi connectivity index (χ0) is 24.4. The maximum absolute atomic E-state index is 12.8. The van der Waals surface area contributed by atoms with Crippen LogP contribution in [0.1, 0.15) is 128 Å². The number of rotatable bonds is 9. The normalized spacial score (nSPS) is 31.1. The second kappa shape index (κ2) is 13.4. The van der Waals surface area contributed by atoms with Crippen LogP contribution in [0.3, 0.4) is 0 Å². The molecular formula is C29H50N2O4. The standard InChI is InChI=1S/C29H50N2O4/c32-26(20-35-25-16-12-8-4-5-9-13-17-25)31-29-21-28(22-29,23-29)27(33)30-18-19-34-24-14-10-6-2-1-3-7-11-15-24/h24-25H,1-23H2,(H,30,33)(H,31,32). The molecule has 5 rings (SSSR count). The quantitative estimate of drug-likeness (QED) is 0.414. The fourth-order valence-electron chi connectivity index (χ4n) is 6.97. The Bertz CT molecular complexity index is 642. The van der Waals surface area contributed by atoms with Crippen LogP contribution >= 0.6 is 0 Å². The molecule has 5 fully saturated rings. The largest absolute Gasteiger partial charge is 0.376 e. The summed E-state index contributed by atoms with van der Waals surface area (Å²) in [5, 5.41) is 6.29. The number of carbonyl (C=O) groups excluding carboxylic acids is 2. The fraction of sp³-hybridized carbons (Fsp3) is 0.931. The fourth-order valence-corrected chi connectivity index (χ4v) is 6.97. The molecule has 0 atom stereocenters. The molecule has 2 bridgehead atoms. The van der Waals surface area contributed by atoms with E-state index in [1.165, 1.54) is 83.5 Å². The molecule has 5 saturated carbocycles. The third kappa shape index (κ3) is 7.92. The van der Waals surface area contributed by atoms with Crippen molar-refractivity contribution in [2.24, 2.45) is 5.41 Å². The first kappa shape index (κ1) is 26.9. The highest BCUT2D eigenvalue weighted by atomic mass is 16.5. The maximum Gasteiger partial charge on any atom is 0.246 e. The topological polar surface area (TPSA) is 76.7 Å². The zero-order valence-electron chi connectivity index (χ0n) is 22.1. The number of nitrogens with one attached hydrogen (secondary N) is 2. The highest BCUT2D eigenvalue weighted by Gasteiger charge is 2.72. The van der Waals surface area contributed by atoms with Crippen molar-refractivity contribution >= 4 is 11.8 Å². The van der Waals surface area contributed by atoms with Gasteiger partial charge in [-0.1, -0.05) is 83.5 Å². The molecule has 5 aliphatic rings. The first-order valence-electron chi connectivity index (χ1n) is 14.9. The Morgan fingerprint density at radius 3 is 1.63 bits per heavy atom. The summed E-state index contributed by atoms with van der Waals surface area (Å²) >= 11 is 0. The molecule has 2 amide bonds. The van der Waals surface area contributed by atoms with E-state index < -0.39 is 0 Å². The average molecular weight is 491 g/mol. The summed E-state index contributed by atoms with van der Waals surface area (Å²) in [5.74, 6) is 0.127. The van der Waals surface area contributed by atoms with Crippen molar-refractivity contribution in [3.05, 3.63) is 0 Å². The lowest BCUT2D eigenvalue weighted by atomic mass is 9.39. The van der Waals surface area contributed by atoms with Crippen molar-refractivity contribution in [2.75, 3.05) is 19.8 Å². The van der Waals surface area contributed by atoms with Crippen LogP contribution in [0.4, 0.5) is 0 Å². The predicted molar refractivity (Wildman–Crippen MR) is 138 cm³/mol. The molecule has 2 N–H and O–H groups in total. The second-order valence-corrected chi connectivity index (χ2v) is 12.1. The van der Waals surface area contributed by atoms with Gasteiger partial charge in [0, 0.05) is 12.1 Å². The van der Waals surface area contributed by atoms with Crippen LogP contribution in [0.15, 0.2) is 0 Å². The Morgan fingerprint density at radius 2 is 1.11 bits per heavy atom. The Kier molecular flexibility index (Phi) is 10.3. The van der Waals surface area contributed by atoms with E-state index in [1.807, 2.05) is 0 Å². The molecule has 5 aliphatic carbocycles. The molecule has 0 aromatic carbocycles. The van der Waals surface area contributed by atoms with Gasteiger partial charge in [0.1, 0.15) is 6.61 Å². The summed E-state index contributed by atoms with van der Waals surface area (Å²) in [6.07, 6.45) is 24.3. The van der Waals surface area contributed by atoms with Gasteiger partial charge in [-0.3, -0.25) is 9.59 Å². The van der Waals surface area contributed by atoms with E-state index in [0.29, 0.717) is 19.3 Å². The molecule has 0 unspecified atom stereocenters. The molecule has 0 saturated heterocycles. The first-order valence-corrected chi connectivity index (χ1v) is 14.9. The molecule has 0 aliphatic heterocycles. The minimum absolute atomic E-state index is 0.0160. The Morgan fingerprint density at radius 1 is 0.657 bits per heavy atom. The van der Waals surface area contributed by atoms with Crippen LogP contribution in [0, 0.1) is 5.41 Å². The van der Waals surface area contributed by atoms with Gasteiger partial charge in [-0.25, -0.2) is 0 Å². The average Bonchev–Trinajstić information content (AvgIpc) is 2.94. The summed E-state index contributed by atoms with van der Waals surface area (Å²) in [4.78, 5) is 25.3.